The molecule has 1 aromatic carbocycles. The van der Waals surface area contributed by atoms with E-state index in [1.54, 1.807) is 14.2 Å². The van der Waals surface area contributed by atoms with Crippen LogP contribution in [-0.2, 0) is 6.54 Å². The van der Waals surface area contributed by atoms with Crippen LogP contribution in [0.5, 0.6) is 11.5 Å². The van der Waals surface area contributed by atoms with E-state index in [1.807, 2.05) is 24.4 Å². The van der Waals surface area contributed by atoms with Gasteiger partial charge >= 0.3 is 0 Å². The van der Waals surface area contributed by atoms with Crippen LogP contribution in [0.25, 0.3) is 0 Å². The Morgan fingerprint density at radius 1 is 1.00 bits per heavy atom. The minimum atomic E-state index is 0.338. The van der Waals surface area contributed by atoms with Crippen LogP contribution in [0.1, 0.15) is 44.1 Å². The summed E-state index contributed by atoms with van der Waals surface area (Å²) in [5.41, 5.74) is 1.15. The van der Waals surface area contributed by atoms with Crippen LogP contribution >= 0.6 is 0 Å². The quantitative estimate of drug-likeness (QED) is 0.721. The van der Waals surface area contributed by atoms with Gasteiger partial charge in [0.25, 0.3) is 0 Å². The summed E-state index contributed by atoms with van der Waals surface area (Å²) in [6, 6.07) is 8.46. The largest absolute Gasteiger partial charge is 0.493 e. The average Bonchev–Trinajstić information content (AvgIpc) is 3.09. The summed E-state index contributed by atoms with van der Waals surface area (Å²) in [6.45, 7) is 5.06. The molecule has 0 amide bonds. The highest BCUT2D eigenvalue weighted by Crippen LogP contribution is 2.32. The number of methoxy groups -OCH3 is 2. The SMILES string of the molecule is COc1cccc(CN2CCCC(Nc3nccc(N4CCCCCC4)n3)C2)c1OC. The maximum atomic E-state index is 5.62. The fourth-order valence-corrected chi connectivity index (χ4v) is 4.71. The van der Waals surface area contributed by atoms with Gasteiger partial charge in [-0.15, -0.1) is 0 Å². The van der Waals surface area contributed by atoms with Crippen molar-refractivity contribution in [3.63, 3.8) is 0 Å². The summed E-state index contributed by atoms with van der Waals surface area (Å²) in [5.74, 6) is 3.40. The van der Waals surface area contributed by atoms with Gasteiger partial charge in [0.05, 0.1) is 14.2 Å². The maximum absolute atomic E-state index is 5.62. The van der Waals surface area contributed by atoms with Crippen molar-refractivity contribution in [1.29, 1.82) is 0 Å². The van der Waals surface area contributed by atoms with Gasteiger partial charge in [-0.1, -0.05) is 25.0 Å². The fourth-order valence-electron chi connectivity index (χ4n) is 4.71. The van der Waals surface area contributed by atoms with Crippen LogP contribution in [0.15, 0.2) is 30.5 Å². The highest BCUT2D eigenvalue weighted by atomic mass is 16.5. The molecule has 0 saturated carbocycles. The molecule has 2 aromatic rings. The third kappa shape index (κ3) is 5.58. The summed E-state index contributed by atoms with van der Waals surface area (Å²) in [6.07, 6.45) is 9.30. The lowest BCUT2D eigenvalue weighted by atomic mass is 10.0. The predicted octanol–water partition coefficient (Wildman–Crippen LogP) is 3.95. The molecule has 1 atom stereocenters. The van der Waals surface area contributed by atoms with Crippen molar-refractivity contribution in [3.8, 4) is 11.5 Å². The Labute approximate surface area is 185 Å². The Morgan fingerprint density at radius 2 is 1.84 bits per heavy atom. The molecular weight excluding hydrogens is 390 g/mol. The molecule has 0 spiro atoms. The normalized spacial score (nSPS) is 20.2. The third-order valence-electron chi connectivity index (χ3n) is 6.29. The lowest BCUT2D eigenvalue weighted by Gasteiger charge is -2.33. The van der Waals surface area contributed by atoms with Gasteiger partial charge in [-0.3, -0.25) is 4.90 Å². The summed E-state index contributed by atoms with van der Waals surface area (Å²) in [7, 11) is 3.39. The van der Waals surface area contributed by atoms with E-state index in [0.717, 1.165) is 74.4 Å². The molecule has 2 aliphatic heterocycles. The van der Waals surface area contributed by atoms with E-state index in [1.165, 1.54) is 25.7 Å². The topological polar surface area (TPSA) is 62.8 Å². The van der Waals surface area contributed by atoms with Crippen molar-refractivity contribution >= 4 is 11.8 Å². The van der Waals surface area contributed by atoms with Crippen LogP contribution < -0.4 is 19.7 Å². The molecule has 0 aliphatic carbocycles. The molecule has 1 N–H and O–H groups in total. The number of nitrogens with one attached hydrogen (secondary N) is 1. The van der Waals surface area contributed by atoms with Gasteiger partial charge in [-0.25, -0.2) is 4.98 Å². The average molecular weight is 426 g/mol. The van der Waals surface area contributed by atoms with Crippen LogP contribution in [0.2, 0.25) is 0 Å². The Hall–Kier alpha value is -2.54. The smallest absolute Gasteiger partial charge is 0.224 e. The first kappa shape index (κ1) is 21.7. The van der Waals surface area contributed by atoms with Crippen molar-refractivity contribution in [2.24, 2.45) is 0 Å². The van der Waals surface area contributed by atoms with Crippen molar-refractivity contribution in [1.82, 2.24) is 14.9 Å². The number of hydrogen-bond acceptors (Lipinski definition) is 7. The number of para-hydroxylation sites is 1. The van der Waals surface area contributed by atoms with E-state index in [9.17, 15) is 0 Å². The van der Waals surface area contributed by atoms with Crippen LogP contribution in [0, 0.1) is 0 Å². The standard InChI is InChI=1S/C24H35N5O2/c1-30-21-11-7-9-19(23(21)31-2)17-28-14-8-10-20(18-28)26-24-25-13-12-22(27-24)29-15-5-3-4-6-16-29/h7,9,11-13,20H,3-6,8,10,14-18H2,1-2H3,(H,25,26,27). The highest BCUT2D eigenvalue weighted by Gasteiger charge is 2.22. The van der Waals surface area contributed by atoms with Crippen LogP contribution in [-0.4, -0.2) is 61.3 Å². The van der Waals surface area contributed by atoms with E-state index < -0.39 is 0 Å². The monoisotopic (exact) mass is 425 g/mol. The molecule has 7 nitrogen and oxygen atoms in total. The molecule has 0 bridgehead atoms. The molecule has 3 heterocycles. The Balaban J connectivity index is 1.39. The lowest BCUT2D eigenvalue weighted by molar-refractivity contribution is 0.205. The molecule has 1 unspecified atom stereocenters. The summed E-state index contributed by atoms with van der Waals surface area (Å²) in [5, 5.41) is 3.60. The second kappa shape index (κ2) is 10.7. The molecule has 0 radical (unpaired) electrons. The molecule has 168 valence electrons. The molecule has 7 heteroatoms. The molecule has 1 aromatic heterocycles. The van der Waals surface area contributed by atoms with E-state index in [-0.39, 0.29) is 0 Å². The fraction of sp³-hybridized carbons (Fsp3) is 0.583. The van der Waals surface area contributed by atoms with Crippen LogP contribution in [0.3, 0.4) is 0 Å². The zero-order valence-electron chi connectivity index (χ0n) is 18.8. The summed E-state index contributed by atoms with van der Waals surface area (Å²) >= 11 is 0. The van der Waals surface area contributed by atoms with E-state index in [0.29, 0.717) is 6.04 Å². The number of benzene rings is 1. The second-order valence-corrected chi connectivity index (χ2v) is 8.51. The molecule has 31 heavy (non-hydrogen) atoms. The maximum Gasteiger partial charge on any atom is 0.224 e. The summed E-state index contributed by atoms with van der Waals surface area (Å²) in [4.78, 5) is 14.2. The highest BCUT2D eigenvalue weighted by molar-refractivity contribution is 5.46. The molecule has 2 aliphatic rings. The third-order valence-corrected chi connectivity index (χ3v) is 6.29. The van der Waals surface area contributed by atoms with Crippen molar-refractivity contribution in [3.05, 3.63) is 36.0 Å². The number of likely N-dealkylation sites (tertiary alicyclic amines) is 1. The molecule has 2 fully saturated rings. The van der Waals surface area contributed by atoms with E-state index in [4.69, 9.17) is 14.5 Å². The van der Waals surface area contributed by atoms with Crippen molar-refractivity contribution in [2.45, 2.75) is 51.1 Å². The molecular formula is C24H35N5O2. The minimum Gasteiger partial charge on any atom is -0.493 e. The number of ether oxygens (including phenoxy) is 2. The Morgan fingerprint density at radius 3 is 2.61 bits per heavy atom. The van der Waals surface area contributed by atoms with E-state index in [2.05, 4.69) is 26.2 Å². The number of rotatable bonds is 7. The zero-order chi connectivity index (χ0) is 21.5. The molecule has 4 rings (SSSR count). The summed E-state index contributed by atoms with van der Waals surface area (Å²) < 4.78 is 11.1. The van der Waals surface area contributed by atoms with Gasteiger partial charge in [-0.05, 0) is 44.4 Å². The predicted molar refractivity (Wildman–Crippen MR) is 124 cm³/mol. The first-order chi connectivity index (χ1) is 15.3. The minimum absolute atomic E-state index is 0.338. The van der Waals surface area contributed by atoms with Gasteiger partial charge in [-0.2, -0.15) is 4.98 Å². The van der Waals surface area contributed by atoms with Crippen molar-refractivity contribution < 1.29 is 9.47 Å². The number of anilines is 2. The Kier molecular flexibility index (Phi) is 7.46. The number of aromatic nitrogens is 2. The molecule has 2 saturated heterocycles. The Bertz CT molecular complexity index is 838. The second-order valence-electron chi connectivity index (χ2n) is 8.51. The van der Waals surface area contributed by atoms with Crippen LogP contribution in [0.4, 0.5) is 11.8 Å². The first-order valence-electron chi connectivity index (χ1n) is 11.5. The van der Waals surface area contributed by atoms with E-state index >= 15 is 0 Å². The zero-order valence-corrected chi connectivity index (χ0v) is 18.8. The van der Waals surface area contributed by atoms with Gasteiger partial charge < -0.3 is 19.7 Å². The van der Waals surface area contributed by atoms with Gasteiger partial charge in [0, 0.05) is 44.0 Å². The first-order valence-corrected chi connectivity index (χ1v) is 11.5. The lowest BCUT2D eigenvalue weighted by Crippen LogP contribution is -2.42. The van der Waals surface area contributed by atoms with Gasteiger partial charge in [0.15, 0.2) is 11.5 Å². The van der Waals surface area contributed by atoms with Crippen molar-refractivity contribution in [2.75, 3.05) is 50.6 Å². The van der Waals surface area contributed by atoms with Gasteiger partial charge in [0.1, 0.15) is 5.82 Å². The number of hydrogen-bond donors (Lipinski definition) is 1. The number of nitrogens with zero attached hydrogens (tertiary/aromatic N) is 4. The number of piperidine rings is 1. The van der Waals surface area contributed by atoms with Gasteiger partial charge in [0.2, 0.25) is 5.95 Å².